The molecule has 2 unspecified atom stereocenters. The van der Waals surface area contributed by atoms with Crippen LogP contribution >= 0.6 is 0 Å². The molecule has 3 N–H and O–H groups in total. The maximum Gasteiger partial charge on any atom is 0.287 e. The summed E-state index contributed by atoms with van der Waals surface area (Å²) in [5, 5.41) is 34.3. The van der Waals surface area contributed by atoms with Crippen molar-refractivity contribution < 1.29 is 37.3 Å². The van der Waals surface area contributed by atoms with Gasteiger partial charge in [-0.3, -0.25) is 4.79 Å². The Morgan fingerprint density at radius 3 is 2.36 bits per heavy atom. The minimum Gasteiger partial charge on any atom is -0.490 e. The molecule has 0 saturated heterocycles. The van der Waals surface area contributed by atoms with Crippen molar-refractivity contribution in [1.29, 1.82) is 0 Å². The Kier molecular flexibility index (Phi) is 6.22. The molecule has 3 fully saturated rings. The van der Waals surface area contributed by atoms with Crippen molar-refractivity contribution in [3.8, 4) is 5.75 Å². The molecule has 0 radical (unpaired) electrons. The third-order valence-corrected chi connectivity index (χ3v) is 8.08. The maximum absolute atomic E-state index is 16.3. The molecule has 0 aliphatic heterocycles. The average molecular weight is 550 g/mol. The molecule has 9 nitrogen and oxygen atoms in total. The van der Waals surface area contributed by atoms with E-state index in [-0.39, 0.29) is 25.9 Å². The number of nitrogens with one attached hydrogen (secondary N) is 1. The lowest BCUT2D eigenvalue weighted by atomic mass is 9.30. The van der Waals surface area contributed by atoms with Crippen LogP contribution in [0.2, 0.25) is 0 Å². The molecule has 3 aliphatic carbocycles. The Bertz CT molecular complexity index is 1360. The number of halogens is 4. The summed E-state index contributed by atoms with van der Waals surface area (Å²) in [5.41, 5.74) is -6.89. The number of carbonyl (C=O) groups is 1. The van der Waals surface area contributed by atoms with Crippen molar-refractivity contribution in [1.82, 2.24) is 25.5 Å². The number of rotatable bonds is 10. The summed E-state index contributed by atoms with van der Waals surface area (Å²) in [4.78, 5) is 11.7. The van der Waals surface area contributed by atoms with Crippen LogP contribution in [-0.4, -0.2) is 61.5 Å². The quantitative estimate of drug-likeness (QED) is 0.332. The van der Waals surface area contributed by atoms with E-state index >= 15 is 8.78 Å². The van der Waals surface area contributed by atoms with Crippen LogP contribution in [0.1, 0.15) is 37.3 Å². The van der Waals surface area contributed by atoms with Gasteiger partial charge in [0.2, 0.25) is 0 Å². The Balaban J connectivity index is 1.35. The predicted molar refractivity (Wildman–Crippen MR) is 128 cm³/mol. The van der Waals surface area contributed by atoms with Crippen LogP contribution in [0.4, 0.5) is 17.6 Å². The number of nitrogens with zero attached hydrogens (tertiary/aromatic N) is 4. The van der Waals surface area contributed by atoms with E-state index in [1.54, 1.807) is 24.3 Å². The fourth-order valence-electron chi connectivity index (χ4n) is 5.99. The molecule has 6 rings (SSSR count). The van der Waals surface area contributed by atoms with Gasteiger partial charge in [0.15, 0.2) is 11.2 Å². The second-order valence-electron chi connectivity index (χ2n) is 10.8. The van der Waals surface area contributed by atoms with Crippen molar-refractivity contribution in [2.24, 2.45) is 5.41 Å². The summed E-state index contributed by atoms with van der Waals surface area (Å²) < 4.78 is 67.3. The number of tetrazole rings is 1. The van der Waals surface area contributed by atoms with Crippen molar-refractivity contribution in [2.45, 2.75) is 55.3 Å². The van der Waals surface area contributed by atoms with Gasteiger partial charge in [-0.05, 0) is 71.9 Å². The van der Waals surface area contributed by atoms with E-state index in [0.717, 1.165) is 28.7 Å². The van der Waals surface area contributed by atoms with E-state index in [0.29, 0.717) is 11.8 Å². The third kappa shape index (κ3) is 4.15. The first kappa shape index (κ1) is 27.0. The van der Waals surface area contributed by atoms with Crippen molar-refractivity contribution >= 4 is 5.91 Å². The fourth-order valence-corrected chi connectivity index (χ4v) is 5.99. The fraction of sp³-hybridized carbons (Fsp3) is 0.462. The summed E-state index contributed by atoms with van der Waals surface area (Å²) in [7, 11) is 1.40. The second-order valence-corrected chi connectivity index (χ2v) is 10.8. The highest BCUT2D eigenvalue weighted by molar-refractivity contribution is 5.84. The Hall–Kier alpha value is -3.58. The zero-order valence-electron chi connectivity index (χ0n) is 21.2. The highest BCUT2D eigenvalue weighted by atomic mass is 19.3. The van der Waals surface area contributed by atoms with Gasteiger partial charge in [-0.15, -0.1) is 5.10 Å². The molecule has 0 spiro atoms. The predicted octanol–water partition coefficient (Wildman–Crippen LogP) is 2.47. The Morgan fingerprint density at radius 1 is 1.13 bits per heavy atom. The summed E-state index contributed by atoms with van der Waals surface area (Å²) in [5.74, 6) is -6.28. The normalized spacial score (nSPS) is 25.0. The Morgan fingerprint density at radius 2 is 1.79 bits per heavy atom. The lowest BCUT2D eigenvalue weighted by Crippen LogP contribution is -2.76. The molecular formula is C26H27F4N5O4. The van der Waals surface area contributed by atoms with Crippen molar-refractivity contribution in [2.75, 3.05) is 13.7 Å². The smallest absolute Gasteiger partial charge is 0.287 e. The molecule has 2 atom stereocenters. The van der Waals surface area contributed by atoms with Gasteiger partial charge in [-0.1, -0.05) is 12.1 Å². The van der Waals surface area contributed by atoms with E-state index in [2.05, 4.69) is 20.8 Å². The first-order valence-corrected chi connectivity index (χ1v) is 12.2. The van der Waals surface area contributed by atoms with Gasteiger partial charge in [0, 0.05) is 24.1 Å². The molecular weight excluding hydrogens is 522 g/mol. The summed E-state index contributed by atoms with van der Waals surface area (Å²) in [6.07, 6.45) is 1.15. The number of benzene rings is 2. The van der Waals surface area contributed by atoms with E-state index < -0.39 is 57.6 Å². The van der Waals surface area contributed by atoms with Gasteiger partial charge in [0.1, 0.15) is 30.3 Å². The molecule has 2 aromatic carbocycles. The molecule has 39 heavy (non-hydrogen) atoms. The van der Waals surface area contributed by atoms with E-state index in [9.17, 15) is 23.8 Å². The average Bonchev–Trinajstić information content (AvgIpc) is 3.33. The SMILES string of the molecule is CNC(=O)C(C)(O)COc1ccc(C23CC(C(F)(F)C(O)(Cn4cnnn4)c4ccc(F)cc4F)(C2)C3)cc1. The third-order valence-electron chi connectivity index (χ3n) is 8.08. The molecule has 1 heterocycles. The van der Waals surface area contributed by atoms with Gasteiger partial charge in [-0.2, -0.15) is 0 Å². The van der Waals surface area contributed by atoms with Crippen LogP contribution in [-0.2, 0) is 22.4 Å². The van der Waals surface area contributed by atoms with E-state index in [4.69, 9.17) is 4.74 Å². The first-order valence-electron chi connectivity index (χ1n) is 12.2. The number of hydrogen-bond donors (Lipinski definition) is 3. The summed E-state index contributed by atoms with van der Waals surface area (Å²) in [6.45, 7) is 0.197. The highest BCUT2D eigenvalue weighted by Crippen LogP contribution is 2.80. The zero-order valence-corrected chi connectivity index (χ0v) is 21.2. The molecule has 3 aromatic rings. The van der Waals surface area contributed by atoms with Crippen LogP contribution in [0.15, 0.2) is 48.8 Å². The molecule has 3 saturated carbocycles. The monoisotopic (exact) mass is 549 g/mol. The lowest BCUT2D eigenvalue weighted by molar-refractivity contribution is -0.347. The number of amides is 1. The second kappa shape index (κ2) is 8.98. The highest BCUT2D eigenvalue weighted by Gasteiger charge is 2.82. The molecule has 13 heteroatoms. The van der Waals surface area contributed by atoms with Crippen molar-refractivity contribution in [3.63, 3.8) is 0 Å². The standard InChI is InChI=1S/C26H27F4N5O4/c1-22(37,21(36)31-2)14-39-18-6-3-16(4-7-18)23-10-24(11-23,12-23)26(29,30)25(38,13-35-15-32-33-34-35)19-8-5-17(27)9-20(19)28/h3-9,15,37-38H,10-14H2,1-2H3,(H,31,36). The van der Waals surface area contributed by atoms with Gasteiger partial charge in [0.25, 0.3) is 11.8 Å². The molecule has 1 amide bonds. The number of hydrogen-bond acceptors (Lipinski definition) is 7. The van der Waals surface area contributed by atoms with Gasteiger partial charge >= 0.3 is 0 Å². The largest absolute Gasteiger partial charge is 0.490 e. The van der Waals surface area contributed by atoms with Gasteiger partial charge < -0.3 is 20.3 Å². The minimum atomic E-state index is -3.82. The summed E-state index contributed by atoms with van der Waals surface area (Å²) in [6, 6.07) is 8.82. The van der Waals surface area contributed by atoms with Crippen LogP contribution < -0.4 is 10.1 Å². The lowest BCUT2D eigenvalue weighted by Gasteiger charge is -2.74. The topological polar surface area (TPSA) is 122 Å². The van der Waals surface area contributed by atoms with Crippen molar-refractivity contribution in [3.05, 3.63) is 71.6 Å². The van der Waals surface area contributed by atoms with E-state index in [1.807, 2.05) is 0 Å². The maximum atomic E-state index is 16.3. The van der Waals surface area contributed by atoms with Crippen LogP contribution in [0.25, 0.3) is 0 Å². The number of ether oxygens (including phenoxy) is 1. The number of aliphatic hydroxyl groups is 2. The minimum absolute atomic E-state index is 0.0410. The molecule has 208 valence electrons. The zero-order chi connectivity index (χ0) is 28.3. The van der Waals surface area contributed by atoms with E-state index in [1.165, 1.54) is 14.0 Å². The molecule has 2 bridgehead atoms. The first-order chi connectivity index (χ1) is 18.3. The molecule has 1 aromatic heterocycles. The summed E-state index contributed by atoms with van der Waals surface area (Å²) >= 11 is 0. The Labute approximate surface area is 220 Å². The van der Waals surface area contributed by atoms with Gasteiger partial charge in [-0.25, -0.2) is 22.2 Å². The number of likely N-dealkylation sites (N-methyl/N-ethyl adjacent to an activating group) is 1. The number of carbonyl (C=O) groups excluding carboxylic acids is 1. The number of aromatic nitrogens is 4. The van der Waals surface area contributed by atoms with Gasteiger partial charge in [0.05, 0.1) is 6.54 Å². The van der Waals surface area contributed by atoms with Crippen LogP contribution in [0, 0.1) is 17.0 Å². The van der Waals surface area contributed by atoms with Crippen LogP contribution in [0.3, 0.4) is 0 Å². The molecule has 3 aliphatic rings. The number of alkyl halides is 2. The van der Waals surface area contributed by atoms with Crippen LogP contribution in [0.5, 0.6) is 5.75 Å².